The van der Waals surface area contributed by atoms with Gasteiger partial charge in [0.25, 0.3) is 0 Å². The number of nitrogen functional groups attached to an aromatic ring is 5. The van der Waals surface area contributed by atoms with Gasteiger partial charge in [-0.2, -0.15) is 0 Å². The zero-order chi connectivity index (χ0) is 44.9. The van der Waals surface area contributed by atoms with E-state index in [1.807, 2.05) is 121 Å². The van der Waals surface area contributed by atoms with Crippen LogP contribution in [0.25, 0.3) is 46.5 Å². The Hall–Kier alpha value is -8.84. The number of amidine groups is 5. The van der Waals surface area contributed by atoms with Crippen molar-refractivity contribution in [3.8, 4) is 17.0 Å². The largest absolute Gasteiger partial charge is 0.507 e. The average Bonchev–Trinajstić information content (AvgIpc) is 3.70. The molecule has 0 aliphatic rings. The molecule has 6 aromatic carbocycles. The van der Waals surface area contributed by atoms with E-state index >= 15 is 0 Å². The monoisotopic (exact) mass is 820 g/mol. The smallest absolute Gasteiger partial charge is 0.123 e. The summed E-state index contributed by atoms with van der Waals surface area (Å²) in [7, 11) is 0. The molecule has 13 heteroatoms. The number of nitrogens with one attached hydrogen (secondary N) is 7. The number of rotatable bonds is 11. The topological polar surface area (TPSA) is 309 Å². The van der Waals surface area contributed by atoms with Crippen LogP contribution < -0.4 is 28.7 Å². The number of fused-ring (bicyclic) bond motifs is 1. The molecule has 0 atom stereocenters. The Balaban J connectivity index is 0.000000176. The maximum absolute atomic E-state index is 9.89. The first kappa shape index (κ1) is 44.3. The van der Waals surface area contributed by atoms with Crippen LogP contribution in [0.1, 0.15) is 62.6 Å². The van der Waals surface area contributed by atoms with Gasteiger partial charge in [0.15, 0.2) is 0 Å². The number of hydrogen-bond donors (Lipinski definition) is 13. The molecule has 7 rings (SSSR count). The van der Waals surface area contributed by atoms with Crippen LogP contribution in [0.3, 0.4) is 0 Å². The Kier molecular flexibility index (Phi) is 14.4. The number of H-pyrrole nitrogens is 1. The fourth-order valence-corrected chi connectivity index (χ4v) is 5.90. The minimum absolute atomic E-state index is 0.0306. The number of aromatic amines is 1. The van der Waals surface area contributed by atoms with Crippen LogP contribution in [0, 0.1) is 32.5 Å². The second-order valence-corrected chi connectivity index (χ2v) is 14.1. The Morgan fingerprint density at radius 3 is 1.19 bits per heavy atom. The molecule has 0 fully saturated rings. The lowest BCUT2D eigenvalue weighted by atomic mass is 10.1. The lowest BCUT2D eigenvalue weighted by Gasteiger charge is -2.03. The summed E-state index contributed by atoms with van der Waals surface area (Å²) in [6, 6.07) is 42.6. The van der Waals surface area contributed by atoms with E-state index in [0.29, 0.717) is 33.5 Å². The van der Waals surface area contributed by atoms with Crippen molar-refractivity contribution >= 4 is 70.1 Å². The van der Waals surface area contributed by atoms with Gasteiger partial charge in [0.1, 0.15) is 34.9 Å². The molecule has 18 N–H and O–H groups in total. The van der Waals surface area contributed by atoms with Gasteiger partial charge in [0, 0.05) is 55.7 Å². The second kappa shape index (κ2) is 20.2. The Morgan fingerprint density at radius 1 is 0.435 bits per heavy atom. The highest BCUT2D eigenvalue weighted by atomic mass is 16.3. The van der Waals surface area contributed by atoms with Crippen LogP contribution >= 0.6 is 0 Å². The normalized spacial score (nSPS) is 10.7. The van der Waals surface area contributed by atoms with Gasteiger partial charge in [0.05, 0.1) is 0 Å². The molecule has 1 heterocycles. The molecular formula is C49H48N12O. The highest BCUT2D eigenvalue weighted by Crippen LogP contribution is 2.26. The SMILES string of the molecule is CC(=N)c1ccc2cc(-c3ccc(C(=N)N)cc3)[nH]c2c1.N=C(N)c1ccc(/C=C/c2ccc(C(=N)N)cc2)cc1.N=C(N)c1ccc(/C=C/c2ccc(C(=N)N)cc2O)cc1. The number of nitrogens with two attached hydrogens (primary N) is 5. The van der Waals surface area contributed by atoms with E-state index in [4.69, 9.17) is 61.1 Å². The molecule has 13 nitrogen and oxygen atoms in total. The van der Waals surface area contributed by atoms with Gasteiger partial charge in [-0.05, 0) is 52.9 Å². The van der Waals surface area contributed by atoms with Crippen LogP contribution in [-0.4, -0.2) is 45.0 Å². The van der Waals surface area contributed by atoms with Crippen LogP contribution in [0.4, 0.5) is 0 Å². The van der Waals surface area contributed by atoms with Gasteiger partial charge in [-0.3, -0.25) is 27.0 Å². The van der Waals surface area contributed by atoms with Crippen molar-refractivity contribution in [2.45, 2.75) is 6.92 Å². The summed E-state index contributed by atoms with van der Waals surface area (Å²) < 4.78 is 0. The van der Waals surface area contributed by atoms with Crippen LogP contribution in [-0.2, 0) is 0 Å². The van der Waals surface area contributed by atoms with Crippen LogP contribution in [0.2, 0.25) is 0 Å². The van der Waals surface area contributed by atoms with E-state index in [9.17, 15) is 5.11 Å². The van der Waals surface area contributed by atoms with E-state index in [-0.39, 0.29) is 34.9 Å². The van der Waals surface area contributed by atoms with E-state index in [1.54, 1.807) is 37.3 Å². The van der Waals surface area contributed by atoms with Crippen LogP contribution in [0.15, 0.2) is 140 Å². The summed E-state index contributed by atoms with van der Waals surface area (Å²) >= 11 is 0. The lowest BCUT2D eigenvalue weighted by molar-refractivity contribution is 0.474. The highest BCUT2D eigenvalue weighted by Gasteiger charge is 2.07. The second-order valence-electron chi connectivity index (χ2n) is 14.1. The third-order valence-corrected chi connectivity index (χ3v) is 9.49. The minimum Gasteiger partial charge on any atom is -0.507 e. The molecule has 0 aliphatic heterocycles. The molecule has 0 amide bonds. The Morgan fingerprint density at radius 2 is 0.806 bits per heavy atom. The highest BCUT2D eigenvalue weighted by molar-refractivity contribution is 6.01. The first-order valence-electron chi connectivity index (χ1n) is 19.1. The maximum Gasteiger partial charge on any atom is 0.123 e. The average molecular weight is 821 g/mol. The number of phenols is 1. The standard InChI is InChI=1S/C17H16N4.C16H16N4O.C16H16N4/c1-10(18)13-6-7-14-9-15(21-16(14)8-13)11-2-4-12(5-3-11)17(19)20;17-15(18)12-5-2-10(3-6-12)1-4-11-7-8-13(16(19)20)9-14(11)21;17-15(18)13-7-3-11(4-8-13)1-2-12-5-9-14(10-6-12)16(19)20/h2-9,18,21H,1H3,(H3,19,20);1-9,21H,(H3,17,18)(H3,19,20);1-10H,(H3,17,18)(H3,19,20)/b;4-1+;2-1+. The van der Waals surface area contributed by atoms with Gasteiger partial charge < -0.3 is 44.2 Å². The molecule has 0 radical (unpaired) electrons. The van der Waals surface area contributed by atoms with Crippen molar-refractivity contribution in [1.82, 2.24) is 4.98 Å². The zero-order valence-corrected chi connectivity index (χ0v) is 33.9. The zero-order valence-electron chi connectivity index (χ0n) is 33.9. The molecule has 62 heavy (non-hydrogen) atoms. The third kappa shape index (κ3) is 12.1. The van der Waals surface area contributed by atoms with E-state index in [0.717, 1.165) is 50.0 Å². The third-order valence-electron chi connectivity index (χ3n) is 9.49. The van der Waals surface area contributed by atoms with Crippen molar-refractivity contribution in [2.75, 3.05) is 0 Å². The van der Waals surface area contributed by atoms with Gasteiger partial charge >= 0.3 is 0 Å². The van der Waals surface area contributed by atoms with E-state index in [1.165, 1.54) is 6.07 Å². The number of benzene rings is 6. The minimum atomic E-state index is -0.0827. The fraction of sp³-hybridized carbons (Fsp3) is 0.0204. The summed E-state index contributed by atoms with van der Waals surface area (Å²) in [4.78, 5) is 3.37. The quantitative estimate of drug-likeness (QED) is 0.0347. The molecule has 0 saturated heterocycles. The summed E-state index contributed by atoms with van der Waals surface area (Å²) in [5.41, 5.74) is 38.5. The Bertz CT molecular complexity index is 2770. The van der Waals surface area contributed by atoms with Gasteiger partial charge in [-0.25, -0.2) is 0 Å². The summed E-state index contributed by atoms with van der Waals surface area (Å²) in [5, 5.41) is 55.4. The van der Waals surface area contributed by atoms with E-state index in [2.05, 4.69) is 11.1 Å². The lowest BCUT2D eigenvalue weighted by Crippen LogP contribution is -2.10. The van der Waals surface area contributed by atoms with Crippen molar-refractivity contribution < 1.29 is 5.11 Å². The molecule has 7 aromatic rings. The number of phenolic OH excluding ortho intramolecular Hbond substituents is 1. The molecule has 0 aliphatic carbocycles. The summed E-state index contributed by atoms with van der Waals surface area (Å²) in [6.07, 6.45) is 7.56. The summed E-state index contributed by atoms with van der Waals surface area (Å²) in [5.74, 6) is 0.230. The van der Waals surface area contributed by atoms with Gasteiger partial charge in [-0.15, -0.1) is 0 Å². The van der Waals surface area contributed by atoms with Crippen molar-refractivity contribution in [2.24, 2.45) is 28.7 Å². The molecule has 0 unspecified atom stereocenters. The molecule has 0 bridgehead atoms. The molecule has 310 valence electrons. The Labute approximate surface area is 359 Å². The maximum atomic E-state index is 9.89. The van der Waals surface area contributed by atoms with Crippen molar-refractivity contribution in [3.63, 3.8) is 0 Å². The van der Waals surface area contributed by atoms with Gasteiger partial charge in [0.2, 0.25) is 0 Å². The molecule has 0 spiro atoms. The van der Waals surface area contributed by atoms with E-state index < -0.39 is 0 Å². The predicted molar refractivity (Wildman–Crippen MR) is 257 cm³/mol. The molecular weight excluding hydrogens is 773 g/mol. The molecule has 1 aromatic heterocycles. The van der Waals surface area contributed by atoms with Crippen molar-refractivity contribution in [1.29, 1.82) is 32.5 Å². The predicted octanol–water partition coefficient (Wildman–Crippen LogP) is 8.06. The number of aromatic hydroxyl groups is 1. The fourth-order valence-electron chi connectivity index (χ4n) is 5.90. The number of hydrogen-bond acceptors (Lipinski definition) is 7. The molecule has 0 saturated carbocycles. The first-order valence-corrected chi connectivity index (χ1v) is 19.1. The van der Waals surface area contributed by atoms with Crippen LogP contribution in [0.5, 0.6) is 5.75 Å². The van der Waals surface area contributed by atoms with Crippen molar-refractivity contribution in [3.05, 3.63) is 195 Å². The number of aromatic nitrogens is 1. The van der Waals surface area contributed by atoms with Gasteiger partial charge in [-0.1, -0.05) is 146 Å². The first-order chi connectivity index (χ1) is 29.6. The summed E-state index contributed by atoms with van der Waals surface area (Å²) in [6.45, 7) is 1.78.